The van der Waals surface area contributed by atoms with Crippen molar-refractivity contribution in [3.8, 4) is 0 Å². The summed E-state index contributed by atoms with van der Waals surface area (Å²) < 4.78 is 0.909. The lowest BCUT2D eigenvalue weighted by molar-refractivity contribution is 0.712. The molecule has 0 saturated carbocycles. The van der Waals surface area contributed by atoms with Crippen molar-refractivity contribution in [3.63, 3.8) is 0 Å². The highest BCUT2D eigenvalue weighted by Gasteiger charge is 2.18. The number of thiazole rings is 1. The molecule has 3 nitrogen and oxygen atoms in total. The molecule has 0 bridgehead atoms. The van der Waals surface area contributed by atoms with Gasteiger partial charge in [-0.2, -0.15) is 0 Å². The van der Waals surface area contributed by atoms with Crippen molar-refractivity contribution in [2.24, 2.45) is 0 Å². The van der Waals surface area contributed by atoms with Crippen LogP contribution < -0.4 is 10.2 Å². The number of aromatic nitrogens is 1. The van der Waals surface area contributed by atoms with Gasteiger partial charge >= 0.3 is 0 Å². The van der Waals surface area contributed by atoms with Crippen LogP contribution in [0.2, 0.25) is 0 Å². The van der Waals surface area contributed by atoms with Crippen molar-refractivity contribution in [1.29, 1.82) is 0 Å². The minimum Gasteiger partial charge on any atom is -0.316 e. The van der Waals surface area contributed by atoms with Crippen LogP contribution in [0.3, 0.4) is 0 Å². The molecule has 88 valence electrons. The maximum Gasteiger partial charge on any atom is 0.190 e. The van der Waals surface area contributed by atoms with Gasteiger partial charge in [0.2, 0.25) is 0 Å². The Balaban J connectivity index is 2.05. The summed E-state index contributed by atoms with van der Waals surface area (Å²) in [7, 11) is 0. The Labute approximate surface area is 113 Å². The number of nitrogens with one attached hydrogen (secondary N) is 1. The molecule has 1 N–H and O–H groups in total. The van der Waals surface area contributed by atoms with E-state index >= 15 is 0 Å². The molecular formula is C12H12BrN3S. The van der Waals surface area contributed by atoms with Gasteiger partial charge in [0.05, 0.1) is 0 Å². The molecule has 1 aliphatic heterocycles. The van der Waals surface area contributed by atoms with Crippen LogP contribution in [0.15, 0.2) is 34.2 Å². The Kier molecular flexibility index (Phi) is 3.13. The molecule has 3 rings (SSSR count). The van der Waals surface area contributed by atoms with Crippen LogP contribution in [0.5, 0.6) is 0 Å². The third kappa shape index (κ3) is 2.22. The summed E-state index contributed by atoms with van der Waals surface area (Å²) >= 11 is 5.08. The first kappa shape index (κ1) is 11.2. The van der Waals surface area contributed by atoms with E-state index in [4.69, 9.17) is 0 Å². The Morgan fingerprint density at radius 2 is 2.24 bits per heavy atom. The third-order valence-corrected chi connectivity index (χ3v) is 4.38. The van der Waals surface area contributed by atoms with Gasteiger partial charge < -0.3 is 10.2 Å². The van der Waals surface area contributed by atoms with Crippen molar-refractivity contribution < 1.29 is 0 Å². The fourth-order valence-electron chi connectivity index (χ4n) is 2.03. The van der Waals surface area contributed by atoms with E-state index in [0.717, 1.165) is 29.4 Å². The molecule has 5 heteroatoms. The molecule has 1 aliphatic rings. The van der Waals surface area contributed by atoms with E-state index in [9.17, 15) is 0 Å². The number of fused-ring (bicyclic) bond motifs is 1. The molecule has 0 saturated heterocycles. The molecule has 0 unspecified atom stereocenters. The number of para-hydroxylation sites is 1. The van der Waals surface area contributed by atoms with Crippen molar-refractivity contribution in [1.82, 2.24) is 10.3 Å². The molecule has 0 fully saturated rings. The number of nitrogens with zero attached hydrogens (tertiary/aromatic N) is 2. The van der Waals surface area contributed by atoms with Gasteiger partial charge in [0, 0.05) is 30.7 Å². The Bertz CT molecular complexity index is 526. The highest BCUT2D eigenvalue weighted by atomic mass is 79.9. The van der Waals surface area contributed by atoms with Crippen LogP contribution in [0, 0.1) is 0 Å². The zero-order valence-corrected chi connectivity index (χ0v) is 11.6. The van der Waals surface area contributed by atoms with Gasteiger partial charge in [-0.05, 0) is 27.6 Å². The first-order chi connectivity index (χ1) is 8.34. The van der Waals surface area contributed by atoms with Gasteiger partial charge in [-0.25, -0.2) is 4.98 Å². The normalized spacial score (nSPS) is 15.5. The molecule has 1 aromatic heterocycles. The predicted molar refractivity (Wildman–Crippen MR) is 75.0 cm³/mol. The highest BCUT2D eigenvalue weighted by Crippen LogP contribution is 2.32. The van der Waals surface area contributed by atoms with Gasteiger partial charge in [-0.1, -0.05) is 18.2 Å². The molecule has 17 heavy (non-hydrogen) atoms. The number of benzene rings is 1. The summed E-state index contributed by atoms with van der Waals surface area (Å²) in [4.78, 5) is 6.79. The molecular weight excluding hydrogens is 298 g/mol. The minimum absolute atomic E-state index is 0.909. The summed E-state index contributed by atoms with van der Waals surface area (Å²) in [5.41, 5.74) is 2.59. The zero-order valence-electron chi connectivity index (χ0n) is 9.19. The number of anilines is 2. The molecule has 0 aliphatic carbocycles. The zero-order chi connectivity index (χ0) is 11.7. The average Bonchev–Trinajstić information content (AvgIpc) is 2.66. The van der Waals surface area contributed by atoms with Gasteiger partial charge in [0.25, 0.3) is 0 Å². The number of hydrogen-bond donors (Lipinski definition) is 1. The average molecular weight is 310 g/mol. The van der Waals surface area contributed by atoms with E-state index in [2.05, 4.69) is 55.4 Å². The summed E-state index contributed by atoms with van der Waals surface area (Å²) in [6.07, 6.45) is 0. The molecule has 0 atom stereocenters. The van der Waals surface area contributed by atoms with E-state index in [1.54, 1.807) is 11.3 Å². The molecule has 0 spiro atoms. The second-order valence-corrected chi connectivity index (χ2v) is 5.56. The Morgan fingerprint density at radius 3 is 3.06 bits per heavy atom. The Hall–Kier alpha value is -0.910. The van der Waals surface area contributed by atoms with Crippen LogP contribution in [-0.2, 0) is 6.54 Å². The van der Waals surface area contributed by atoms with Crippen LogP contribution >= 0.6 is 27.3 Å². The molecule has 0 radical (unpaired) electrons. The van der Waals surface area contributed by atoms with Gasteiger partial charge in [0.1, 0.15) is 4.60 Å². The molecule has 2 aromatic rings. The van der Waals surface area contributed by atoms with Gasteiger partial charge in [-0.15, -0.1) is 11.3 Å². The largest absolute Gasteiger partial charge is 0.316 e. The number of rotatable bonds is 1. The van der Waals surface area contributed by atoms with E-state index in [-0.39, 0.29) is 0 Å². The van der Waals surface area contributed by atoms with Crippen LogP contribution in [0.25, 0.3) is 0 Å². The van der Waals surface area contributed by atoms with Crippen molar-refractivity contribution >= 4 is 38.1 Å². The lowest BCUT2D eigenvalue weighted by Crippen LogP contribution is -2.24. The van der Waals surface area contributed by atoms with Crippen molar-refractivity contribution in [2.75, 3.05) is 18.0 Å². The van der Waals surface area contributed by atoms with E-state index in [1.165, 1.54) is 11.3 Å². The molecule has 1 aromatic carbocycles. The second kappa shape index (κ2) is 4.76. The summed E-state index contributed by atoms with van der Waals surface area (Å²) in [6, 6.07) is 8.50. The van der Waals surface area contributed by atoms with E-state index in [0.29, 0.717) is 0 Å². The lowest BCUT2D eigenvalue weighted by atomic mass is 10.1. The van der Waals surface area contributed by atoms with Gasteiger partial charge in [0.15, 0.2) is 5.13 Å². The first-order valence-electron chi connectivity index (χ1n) is 5.52. The monoisotopic (exact) mass is 309 g/mol. The fraction of sp³-hybridized carbons (Fsp3) is 0.250. The topological polar surface area (TPSA) is 28.2 Å². The maximum atomic E-state index is 4.51. The van der Waals surface area contributed by atoms with Gasteiger partial charge in [-0.3, -0.25) is 0 Å². The fourth-order valence-corrected chi connectivity index (χ4v) is 3.32. The standard InChI is InChI=1S/C12H12BrN3S/c13-11-8-17-12(15-11)16-6-5-14-7-9-3-1-2-4-10(9)16/h1-4,8,14H,5-7H2. The summed E-state index contributed by atoms with van der Waals surface area (Å²) in [5.74, 6) is 0. The SMILES string of the molecule is Brc1csc(N2CCNCc3ccccc32)n1. The molecule has 0 amide bonds. The number of hydrogen-bond acceptors (Lipinski definition) is 4. The minimum atomic E-state index is 0.909. The maximum absolute atomic E-state index is 4.51. The van der Waals surface area contributed by atoms with E-state index in [1.807, 2.05) is 5.38 Å². The quantitative estimate of drug-likeness (QED) is 0.877. The predicted octanol–water partition coefficient (Wildman–Crippen LogP) is 3.15. The van der Waals surface area contributed by atoms with Crippen LogP contribution in [0.4, 0.5) is 10.8 Å². The second-order valence-electron chi connectivity index (χ2n) is 3.91. The smallest absolute Gasteiger partial charge is 0.190 e. The first-order valence-corrected chi connectivity index (χ1v) is 7.19. The number of halogens is 1. The van der Waals surface area contributed by atoms with Crippen molar-refractivity contribution in [2.45, 2.75) is 6.54 Å². The molecule has 2 heterocycles. The highest BCUT2D eigenvalue weighted by molar-refractivity contribution is 9.10. The van der Waals surface area contributed by atoms with Crippen LogP contribution in [-0.4, -0.2) is 18.1 Å². The van der Waals surface area contributed by atoms with E-state index < -0.39 is 0 Å². The summed E-state index contributed by atoms with van der Waals surface area (Å²) in [5, 5.41) is 6.51. The van der Waals surface area contributed by atoms with Crippen molar-refractivity contribution in [3.05, 3.63) is 39.8 Å². The van der Waals surface area contributed by atoms with Crippen LogP contribution in [0.1, 0.15) is 5.56 Å². The Morgan fingerprint density at radius 1 is 1.35 bits per heavy atom. The third-order valence-electron chi connectivity index (χ3n) is 2.80. The lowest BCUT2D eigenvalue weighted by Gasteiger charge is -2.21. The summed E-state index contributed by atoms with van der Waals surface area (Å²) in [6.45, 7) is 2.86.